The monoisotopic (exact) mass is 641 g/mol. The normalized spacial score (nSPS) is 17.9. The fraction of sp³-hybridized carbons (Fsp3) is 0.562. The number of imidazole rings is 1. The lowest BCUT2D eigenvalue weighted by atomic mass is 9.98. The van der Waals surface area contributed by atoms with E-state index in [4.69, 9.17) is 5.73 Å². The van der Waals surface area contributed by atoms with Crippen molar-refractivity contribution in [3.05, 3.63) is 48.0 Å². The Hall–Kier alpha value is -4.46. The first-order chi connectivity index (χ1) is 21.8. The third-order valence-corrected chi connectivity index (χ3v) is 8.28. The maximum atomic E-state index is 13.8. The molecule has 2 aromatic rings. The van der Waals surface area contributed by atoms with Crippen LogP contribution in [0.2, 0.25) is 0 Å². The number of carbonyl (C=O) groups excluding carboxylic acids is 4. The van der Waals surface area contributed by atoms with Crippen LogP contribution in [0.25, 0.3) is 0 Å². The van der Waals surface area contributed by atoms with Gasteiger partial charge >= 0.3 is 5.97 Å². The second-order valence-electron chi connectivity index (χ2n) is 12.4. The maximum absolute atomic E-state index is 13.8. The summed E-state index contributed by atoms with van der Waals surface area (Å²) in [6.07, 6.45) is 4.99. The number of hydrogen-bond acceptors (Lipinski definition) is 8. The van der Waals surface area contributed by atoms with Crippen molar-refractivity contribution in [3.8, 4) is 5.75 Å². The van der Waals surface area contributed by atoms with Gasteiger partial charge < -0.3 is 41.8 Å². The summed E-state index contributed by atoms with van der Waals surface area (Å²) in [5, 5.41) is 27.5. The Morgan fingerprint density at radius 1 is 1.02 bits per heavy atom. The molecule has 1 aromatic heterocycles. The molecule has 0 bridgehead atoms. The number of aliphatic carboxylic acids is 1. The van der Waals surface area contributed by atoms with Crippen LogP contribution in [0.15, 0.2) is 36.8 Å². The molecule has 1 aliphatic heterocycles. The number of aromatic nitrogens is 2. The lowest BCUT2D eigenvalue weighted by Crippen LogP contribution is -2.59. The average Bonchev–Trinajstić information content (AvgIpc) is 3.71. The number of hydrogen-bond donors (Lipinski definition) is 7. The second-order valence-corrected chi connectivity index (χ2v) is 12.4. The number of aromatic hydroxyl groups is 1. The number of H-pyrrole nitrogens is 1. The Balaban J connectivity index is 1.78. The minimum Gasteiger partial charge on any atom is -0.508 e. The number of nitrogens with zero attached hydrogens (tertiary/aromatic N) is 2. The lowest BCUT2D eigenvalue weighted by Gasteiger charge is -2.31. The van der Waals surface area contributed by atoms with Crippen molar-refractivity contribution in [2.24, 2.45) is 17.6 Å². The van der Waals surface area contributed by atoms with Gasteiger partial charge in [0.05, 0.1) is 12.4 Å². The van der Waals surface area contributed by atoms with Crippen molar-refractivity contribution in [3.63, 3.8) is 0 Å². The summed E-state index contributed by atoms with van der Waals surface area (Å²) in [7, 11) is 0. The summed E-state index contributed by atoms with van der Waals surface area (Å²) in [5.41, 5.74) is 7.42. The van der Waals surface area contributed by atoms with Crippen LogP contribution in [0.3, 0.4) is 0 Å². The van der Waals surface area contributed by atoms with Crippen molar-refractivity contribution >= 4 is 29.6 Å². The largest absolute Gasteiger partial charge is 0.508 e. The first-order valence-electron chi connectivity index (χ1n) is 15.8. The summed E-state index contributed by atoms with van der Waals surface area (Å²) < 4.78 is 0. The molecule has 1 saturated heterocycles. The van der Waals surface area contributed by atoms with Crippen LogP contribution in [0.4, 0.5) is 0 Å². The highest BCUT2D eigenvalue weighted by Crippen LogP contribution is 2.21. The van der Waals surface area contributed by atoms with Gasteiger partial charge in [0.2, 0.25) is 23.6 Å². The predicted molar refractivity (Wildman–Crippen MR) is 169 cm³/mol. The van der Waals surface area contributed by atoms with Gasteiger partial charge in [0.15, 0.2) is 0 Å². The number of nitrogens with two attached hydrogens (primary N) is 1. The predicted octanol–water partition coefficient (Wildman–Crippen LogP) is 0.850. The van der Waals surface area contributed by atoms with Gasteiger partial charge in [-0.25, -0.2) is 9.78 Å². The molecule has 14 heteroatoms. The van der Waals surface area contributed by atoms with E-state index in [1.54, 1.807) is 25.3 Å². The number of carbonyl (C=O) groups is 5. The molecule has 0 radical (unpaired) electrons. The topological polar surface area (TPSA) is 220 Å². The van der Waals surface area contributed by atoms with Crippen LogP contribution in [0.5, 0.6) is 5.75 Å². The number of amides is 4. The van der Waals surface area contributed by atoms with Crippen molar-refractivity contribution in [2.45, 2.75) is 96.4 Å². The van der Waals surface area contributed by atoms with Crippen LogP contribution < -0.4 is 21.7 Å². The molecule has 6 unspecified atom stereocenters. The molecule has 1 aromatic carbocycles. The van der Waals surface area contributed by atoms with Crippen LogP contribution in [0.1, 0.15) is 64.6 Å². The molecule has 6 atom stereocenters. The average molecular weight is 642 g/mol. The fourth-order valence-corrected chi connectivity index (χ4v) is 5.48. The molecule has 3 rings (SSSR count). The van der Waals surface area contributed by atoms with Crippen molar-refractivity contribution in [1.82, 2.24) is 30.8 Å². The smallest absolute Gasteiger partial charge is 0.326 e. The maximum Gasteiger partial charge on any atom is 0.326 e. The summed E-state index contributed by atoms with van der Waals surface area (Å²) in [5.74, 6) is -3.65. The molecule has 8 N–H and O–H groups in total. The van der Waals surface area contributed by atoms with E-state index in [-0.39, 0.29) is 37.0 Å². The second kappa shape index (κ2) is 16.7. The number of carboxylic acids is 1. The zero-order valence-corrected chi connectivity index (χ0v) is 26.9. The summed E-state index contributed by atoms with van der Waals surface area (Å²) in [6, 6.07) is 1.03. The molecule has 0 saturated carbocycles. The molecule has 4 amide bonds. The Morgan fingerprint density at radius 2 is 1.72 bits per heavy atom. The molecule has 46 heavy (non-hydrogen) atoms. The highest BCUT2D eigenvalue weighted by Gasteiger charge is 2.40. The molecule has 0 aliphatic carbocycles. The SMILES string of the molecule is CCC(C)C(NC(=O)C(Cc1ccc(O)cc1)NC(=O)C1CCCN1C(=O)C(CC(C)C)NC(=O)C(N)Cc1cnc[nH]1)C(=O)O. The molecular formula is C32H47N7O7. The first-order valence-corrected chi connectivity index (χ1v) is 15.8. The molecule has 2 heterocycles. The van der Waals surface area contributed by atoms with Crippen LogP contribution in [0, 0.1) is 11.8 Å². The number of phenolic OH excluding ortho intramolecular Hbond substituents is 1. The number of likely N-dealkylation sites (tertiary alicyclic amines) is 1. The highest BCUT2D eigenvalue weighted by atomic mass is 16.4. The number of nitrogens with one attached hydrogen (secondary N) is 4. The zero-order valence-electron chi connectivity index (χ0n) is 26.9. The Kier molecular flexibility index (Phi) is 13.1. The number of benzene rings is 1. The molecule has 0 spiro atoms. The van der Waals surface area contributed by atoms with Gasteiger partial charge in [-0.15, -0.1) is 0 Å². The quantitative estimate of drug-likeness (QED) is 0.138. The standard InChI is InChI=1S/C32H47N7O7/c1-5-19(4)27(32(45)46)38-29(42)24(14-20-8-10-22(40)11-9-20)36-30(43)26-7-6-12-39(26)31(44)25(13-18(2)3)37-28(41)23(33)15-21-16-34-17-35-21/h8-11,16-19,23-27,40H,5-7,12-15,33H2,1-4H3,(H,34,35)(H,36,43)(H,37,41)(H,38,42)(H,45,46). The Labute approximate surface area is 268 Å². The molecule has 252 valence electrons. The third-order valence-electron chi connectivity index (χ3n) is 8.28. The van der Waals surface area contributed by atoms with Gasteiger partial charge in [-0.05, 0) is 48.8 Å². The molecule has 14 nitrogen and oxygen atoms in total. The van der Waals surface area contributed by atoms with E-state index in [1.807, 2.05) is 20.8 Å². The summed E-state index contributed by atoms with van der Waals surface area (Å²) in [4.78, 5) is 74.2. The molecule has 1 aliphatic rings. The van der Waals surface area contributed by atoms with Gasteiger partial charge in [-0.1, -0.05) is 46.2 Å². The number of phenols is 1. The number of rotatable bonds is 16. The minimum atomic E-state index is -1.19. The van der Waals surface area contributed by atoms with E-state index in [0.29, 0.717) is 36.9 Å². The van der Waals surface area contributed by atoms with Crippen LogP contribution >= 0.6 is 0 Å². The van der Waals surface area contributed by atoms with Crippen molar-refractivity contribution < 1.29 is 34.2 Å². The Morgan fingerprint density at radius 3 is 2.30 bits per heavy atom. The summed E-state index contributed by atoms with van der Waals surface area (Å²) >= 11 is 0. The number of carboxylic acid groups (broad SMARTS) is 1. The lowest BCUT2D eigenvalue weighted by molar-refractivity contribution is -0.144. The van der Waals surface area contributed by atoms with E-state index in [9.17, 15) is 34.2 Å². The van der Waals surface area contributed by atoms with E-state index in [0.717, 1.165) is 0 Å². The van der Waals surface area contributed by atoms with E-state index >= 15 is 0 Å². The van der Waals surface area contributed by atoms with Crippen molar-refractivity contribution in [1.29, 1.82) is 0 Å². The zero-order chi connectivity index (χ0) is 34.0. The highest BCUT2D eigenvalue weighted by molar-refractivity contribution is 5.96. The van der Waals surface area contributed by atoms with Gasteiger partial charge in [-0.2, -0.15) is 0 Å². The van der Waals surface area contributed by atoms with Gasteiger partial charge in [0.1, 0.15) is 29.9 Å². The summed E-state index contributed by atoms with van der Waals surface area (Å²) in [6.45, 7) is 7.65. The van der Waals surface area contributed by atoms with Gasteiger partial charge in [0.25, 0.3) is 0 Å². The van der Waals surface area contributed by atoms with Crippen LogP contribution in [-0.4, -0.2) is 91.4 Å². The van der Waals surface area contributed by atoms with E-state index in [1.165, 1.54) is 23.4 Å². The van der Waals surface area contributed by atoms with E-state index in [2.05, 4.69) is 25.9 Å². The fourth-order valence-electron chi connectivity index (χ4n) is 5.48. The van der Waals surface area contributed by atoms with E-state index < -0.39 is 59.8 Å². The minimum absolute atomic E-state index is 0.0195. The molecular weight excluding hydrogens is 594 g/mol. The van der Waals surface area contributed by atoms with Crippen molar-refractivity contribution in [2.75, 3.05) is 6.54 Å². The van der Waals surface area contributed by atoms with Crippen LogP contribution in [-0.2, 0) is 36.8 Å². The number of aromatic amines is 1. The Bertz CT molecular complexity index is 1330. The molecule has 1 fully saturated rings. The first kappa shape index (κ1) is 36.0. The third kappa shape index (κ3) is 10.0. The van der Waals surface area contributed by atoms with Gasteiger partial charge in [0, 0.05) is 31.3 Å². The van der Waals surface area contributed by atoms with Gasteiger partial charge in [-0.3, -0.25) is 19.2 Å².